The molecule has 0 radical (unpaired) electrons. The van der Waals surface area contributed by atoms with Gasteiger partial charge < -0.3 is 24.6 Å². The summed E-state index contributed by atoms with van der Waals surface area (Å²) in [5, 5.41) is 14.0. The standard InChI is InChI=1S/C22H29NO4/c1-22(2)26-20(14-23-13-17-9-5-3-6-10-17)21(27-22)19(24)16-25-15-18-11-7-4-8-12-18/h3-12,19-21,23-24H,13-16H2,1-2H3/t19-,20+,21-/m1/s1. The van der Waals surface area contributed by atoms with E-state index in [1.807, 2.05) is 62.4 Å². The highest BCUT2D eigenvalue weighted by atomic mass is 16.8. The van der Waals surface area contributed by atoms with E-state index in [9.17, 15) is 5.11 Å². The van der Waals surface area contributed by atoms with Crippen molar-refractivity contribution < 1.29 is 19.3 Å². The molecule has 2 aromatic carbocycles. The quantitative estimate of drug-likeness (QED) is 0.710. The zero-order valence-electron chi connectivity index (χ0n) is 16.0. The lowest BCUT2D eigenvalue weighted by atomic mass is 10.1. The first-order chi connectivity index (χ1) is 13.0. The van der Waals surface area contributed by atoms with E-state index in [0.717, 1.165) is 12.1 Å². The van der Waals surface area contributed by atoms with Gasteiger partial charge in [0.2, 0.25) is 0 Å². The molecule has 0 spiro atoms. The molecule has 0 aromatic heterocycles. The van der Waals surface area contributed by atoms with Crippen molar-refractivity contribution in [3.8, 4) is 0 Å². The number of hydrogen-bond donors (Lipinski definition) is 2. The second-order valence-corrected chi connectivity index (χ2v) is 7.32. The number of aliphatic hydroxyl groups is 1. The van der Waals surface area contributed by atoms with Gasteiger partial charge in [0, 0.05) is 13.1 Å². The first-order valence-electron chi connectivity index (χ1n) is 9.43. The summed E-state index contributed by atoms with van der Waals surface area (Å²) >= 11 is 0. The number of nitrogens with one attached hydrogen (secondary N) is 1. The second-order valence-electron chi connectivity index (χ2n) is 7.32. The van der Waals surface area contributed by atoms with Gasteiger partial charge in [-0.1, -0.05) is 60.7 Å². The molecule has 2 N–H and O–H groups in total. The third kappa shape index (κ3) is 6.13. The predicted molar refractivity (Wildman–Crippen MR) is 104 cm³/mol. The van der Waals surface area contributed by atoms with Crippen molar-refractivity contribution >= 4 is 0 Å². The van der Waals surface area contributed by atoms with Crippen molar-refractivity contribution in [1.29, 1.82) is 0 Å². The molecule has 1 aliphatic rings. The summed E-state index contributed by atoms with van der Waals surface area (Å²) in [6.07, 6.45) is -1.42. The SMILES string of the molecule is CC1(C)O[C@H]([C@H](O)COCc2ccccc2)[C@H](CNCc2ccccc2)O1. The Kier molecular flexibility index (Phi) is 6.99. The summed E-state index contributed by atoms with van der Waals surface area (Å²) in [7, 11) is 0. The zero-order valence-corrected chi connectivity index (χ0v) is 16.0. The van der Waals surface area contributed by atoms with Crippen molar-refractivity contribution in [1.82, 2.24) is 5.32 Å². The van der Waals surface area contributed by atoms with Gasteiger partial charge in [-0.05, 0) is 25.0 Å². The van der Waals surface area contributed by atoms with Gasteiger partial charge in [-0.3, -0.25) is 0 Å². The molecule has 0 amide bonds. The lowest BCUT2D eigenvalue weighted by Crippen LogP contribution is -2.43. The minimum atomic E-state index is -0.751. The number of aliphatic hydroxyl groups excluding tert-OH is 1. The maximum absolute atomic E-state index is 10.6. The van der Waals surface area contributed by atoms with E-state index in [-0.39, 0.29) is 12.7 Å². The van der Waals surface area contributed by atoms with Gasteiger partial charge in [-0.25, -0.2) is 0 Å². The van der Waals surface area contributed by atoms with Crippen LogP contribution in [0.5, 0.6) is 0 Å². The minimum absolute atomic E-state index is 0.203. The molecule has 0 aliphatic carbocycles. The zero-order chi connectivity index (χ0) is 19.1. The molecule has 1 heterocycles. The van der Waals surface area contributed by atoms with Crippen molar-refractivity contribution in [2.24, 2.45) is 0 Å². The van der Waals surface area contributed by atoms with Gasteiger partial charge in [-0.15, -0.1) is 0 Å². The number of ether oxygens (including phenoxy) is 3. The van der Waals surface area contributed by atoms with Crippen LogP contribution in [0.1, 0.15) is 25.0 Å². The van der Waals surface area contributed by atoms with Gasteiger partial charge in [0.25, 0.3) is 0 Å². The Morgan fingerprint density at radius 3 is 2.30 bits per heavy atom. The average molecular weight is 371 g/mol. The summed E-state index contributed by atoms with van der Waals surface area (Å²) in [6.45, 7) is 5.75. The smallest absolute Gasteiger partial charge is 0.163 e. The molecule has 1 aliphatic heterocycles. The van der Waals surface area contributed by atoms with Crippen LogP contribution in [0.2, 0.25) is 0 Å². The number of rotatable bonds is 9. The molecule has 146 valence electrons. The van der Waals surface area contributed by atoms with Crippen LogP contribution in [0.15, 0.2) is 60.7 Å². The van der Waals surface area contributed by atoms with Crippen LogP contribution < -0.4 is 5.32 Å². The second kappa shape index (κ2) is 9.44. The first kappa shape index (κ1) is 20.0. The highest BCUT2D eigenvalue weighted by Crippen LogP contribution is 2.30. The highest BCUT2D eigenvalue weighted by Gasteiger charge is 2.44. The Balaban J connectivity index is 1.48. The van der Waals surface area contributed by atoms with E-state index in [2.05, 4.69) is 17.4 Å². The van der Waals surface area contributed by atoms with Crippen LogP contribution >= 0.6 is 0 Å². The molecule has 0 bridgehead atoms. The molecule has 5 nitrogen and oxygen atoms in total. The fourth-order valence-electron chi connectivity index (χ4n) is 3.27. The lowest BCUT2D eigenvalue weighted by molar-refractivity contribution is -0.159. The summed E-state index contributed by atoms with van der Waals surface area (Å²) in [5.41, 5.74) is 2.29. The van der Waals surface area contributed by atoms with Crippen LogP contribution in [0.3, 0.4) is 0 Å². The Morgan fingerprint density at radius 2 is 1.63 bits per heavy atom. The summed E-state index contributed by atoms with van der Waals surface area (Å²) in [5.74, 6) is -0.718. The van der Waals surface area contributed by atoms with Crippen molar-refractivity contribution in [2.75, 3.05) is 13.2 Å². The molecule has 3 atom stereocenters. The average Bonchev–Trinajstić information content (AvgIpc) is 2.98. The van der Waals surface area contributed by atoms with Crippen LogP contribution in [-0.2, 0) is 27.4 Å². The van der Waals surface area contributed by atoms with Crippen molar-refractivity contribution in [3.63, 3.8) is 0 Å². The molecule has 5 heteroatoms. The van der Waals surface area contributed by atoms with E-state index in [0.29, 0.717) is 13.2 Å². The predicted octanol–water partition coefficient (Wildman–Crippen LogP) is 2.87. The third-order valence-corrected chi connectivity index (χ3v) is 4.52. The summed E-state index contributed by atoms with van der Waals surface area (Å²) in [4.78, 5) is 0. The molecule has 1 saturated heterocycles. The van der Waals surface area contributed by atoms with Crippen LogP contribution in [-0.4, -0.2) is 42.4 Å². The number of hydrogen-bond acceptors (Lipinski definition) is 5. The molecule has 1 fully saturated rings. The van der Waals surface area contributed by atoms with Crippen LogP contribution in [0, 0.1) is 0 Å². The van der Waals surface area contributed by atoms with E-state index in [4.69, 9.17) is 14.2 Å². The number of benzene rings is 2. The molecular weight excluding hydrogens is 342 g/mol. The van der Waals surface area contributed by atoms with E-state index in [1.165, 1.54) is 5.56 Å². The van der Waals surface area contributed by atoms with Crippen LogP contribution in [0.25, 0.3) is 0 Å². The monoisotopic (exact) mass is 371 g/mol. The highest BCUT2D eigenvalue weighted by molar-refractivity contribution is 5.14. The van der Waals surface area contributed by atoms with E-state index < -0.39 is 18.0 Å². The molecule has 2 aromatic rings. The third-order valence-electron chi connectivity index (χ3n) is 4.52. The van der Waals surface area contributed by atoms with Crippen molar-refractivity contribution in [2.45, 2.75) is 51.1 Å². The van der Waals surface area contributed by atoms with Crippen molar-refractivity contribution in [3.05, 3.63) is 71.8 Å². The minimum Gasteiger partial charge on any atom is -0.388 e. The van der Waals surface area contributed by atoms with Gasteiger partial charge >= 0.3 is 0 Å². The Hall–Kier alpha value is -1.76. The fraction of sp³-hybridized carbons (Fsp3) is 0.455. The van der Waals surface area contributed by atoms with Gasteiger partial charge in [0.05, 0.1) is 13.2 Å². The molecular formula is C22H29NO4. The maximum atomic E-state index is 10.6. The fourth-order valence-corrected chi connectivity index (χ4v) is 3.27. The van der Waals surface area contributed by atoms with E-state index in [1.54, 1.807) is 0 Å². The van der Waals surface area contributed by atoms with E-state index >= 15 is 0 Å². The van der Waals surface area contributed by atoms with Gasteiger partial charge in [-0.2, -0.15) is 0 Å². The molecule has 3 rings (SSSR count). The Bertz CT molecular complexity index is 677. The maximum Gasteiger partial charge on any atom is 0.163 e. The van der Waals surface area contributed by atoms with Crippen LogP contribution in [0.4, 0.5) is 0 Å². The lowest BCUT2D eigenvalue weighted by Gasteiger charge is -2.22. The molecule has 0 unspecified atom stereocenters. The summed E-state index contributed by atoms with van der Waals surface area (Å²) in [6, 6.07) is 20.1. The van der Waals surface area contributed by atoms with Gasteiger partial charge in [0.15, 0.2) is 5.79 Å². The Labute approximate surface area is 161 Å². The Morgan fingerprint density at radius 1 is 1.00 bits per heavy atom. The largest absolute Gasteiger partial charge is 0.388 e. The molecule has 27 heavy (non-hydrogen) atoms. The topological polar surface area (TPSA) is 60.0 Å². The first-order valence-corrected chi connectivity index (χ1v) is 9.43. The normalized spacial score (nSPS) is 22.6. The summed E-state index contributed by atoms with van der Waals surface area (Å²) < 4.78 is 17.6. The molecule has 0 saturated carbocycles. The van der Waals surface area contributed by atoms with Gasteiger partial charge in [0.1, 0.15) is 18.3 Å².